The molecule has 1 aromatic heterocycles. The van der Waals surface area contributed by atoms with Crippen molar-refractivity contribution < 1.29 is 0 Å². The lowest BCUT2D eigenvalue weighted by Gasteiger charge is -2.30. The molecule has 2 rings (SSSR count). The zero-order valence-electron chi connectivity index (χ0n) is 10.6. The molecule has 0 unspecified atom stereocenters. The molecule has 0 aliphatic heterocycles. The molecule has 0 saturated heterocycles. The SMILES string of the molecule is CC(C)C1CCC(c2nc(N)cc(=O)[nH]2)CC1. The van der Waals surface area contributed by atoms with Crippen LogP contribution in [0.4, 0.5) is 5.82 Å². The molecule has 1 heterocycles. The largest absolute Gasteiger partial charge is 0.383 e. The number of hydrogen-bond donors (Lipinski definition) is 2. The molecule has 0 radical (unpaired) electrons. The van der Waals surface area contributed by atoms with Crippen LogP contribution in [-0.2, 0) is 0 Å². The fraction of sp³-hybridized carbons (Fsp3) is 0.692. The van der Waals surface area contributed by atoms with E-state index in [1.54, 1.807) is 0 Å². The summed E-state index contributed by atoms with van der Waals surface area (Å²) < 4.78 is 0. The summed E-state index contributed by atoms with van der Waals surface area (Å²) in [6.45, 7) is 4.57. The molecular weight excluding hydrogens is 214 g/mol. The van der Waals surface area contributed by atoms with E-state index in [0.717, 1.165) is 30.5 Å². The molecule has 4 nitrogen and oxygen atoms in total. The van der Waals surface area contributed by atoms with Gasteiger partial charge in [-0.1, -0.05) is 13.8 Å². The van der Waals surface area contributed by atoms with Gasteiger partial charge in [0.25, 0.3) is 5.56 Å². The van der Waals surface area contributed by atoms with Crippen LogP contribution in [0.3, 0.4) is 0 Å². The Morgan fingerprint density at radius 2 is 2.00 bits per heavy atom. The average Bonchev–Trinajstić information content (AvgIpc) is 2.28. The smallest absolute Gasteiger partial charge is 0.252 e. The highest BCUT2D eigenvalue weighted by Gasteiger charge is 2.25. The van der Waals surface area contributed by atoms with Gasteiger partial charge >= 0.3 is 0 Å². The Bertz CT molecular complexity index is 431. The summed E-state index contributed by atoms with van der Waals surface area (Å²) in [6, 6.07) is 1.34. The fourth-order valence-electron chi connectivity index (χ4n) is 2.75. The summed E-state index contributed by atoms with van der Waals surface area (Å²) in [6.07, 6.45) is 4.66. The van der Waals surface area contributed by atoms with Crippen LogP contribution in [0.2, 0.25) is 0 Å². The molecular formula is C13H21N3O. The van der Waals surface area contributed by atoms with Crippen molar-refractivity contribution >= 4 is 5.82 Å². The predicted molar refractivity (Wildman–Crippen MR) is 68.8 cm³/mol. The van der Waals surface area contributed by atoms with Crippen LogP contribution >= 0.6 is 0 Å². The summed E-state index contributed by atoms with van der Waals surface area (Å²) in [5.74, 6) is 3.05. The first-order chi connectivity index (χ1) is 8.06. The van der Waals surface area contributed by atoms with Crippen molar-refractivity contribution in [3.8, 4) is 0 Å². The Labute approximate surface area is 102 Å². The van der Waals surface area contributed by atoms with E-state index in [4.69, 9.17) is 5.73 Å². The molecule has 4 heteroatoms. The Morgan fingerprint density at radius 1 is 1.35 bits per heavy atom. The predicted octanol–water partition coefficient (Wildman–Crippen LogP) is 2.28. The van der Waals surface area contributed by atoms with Crippen molar-refractivity contribution in [3.63, 3.8) is 0 Å². The van der Waals surface area contributed by atoms with Crippen LogP contribution in [0.1, 0.15) is 51.3 Å². The quantitative estimate of drug-likeness (QED) is 0.826. The molecule has 0 bridgehead atoms. The van der Waals surface area contributed by atoms with E-state index >= 15 is 0 Å². The lowest BCUT2D eigenvalue weighted by atomic mass is 9.77. The van der Waals surface area contributed by atoms with E-state index in [1.165, 1.54) is 18.9 Å². The fourth-order valence-corrected chi connectivity index (χ4v) is 2.75. The number of rotatable bonds is 2. The number of nitrogens with two attached hydrogens (primary N) is 1. The Morgan fingerprint density at radius 3 is 2.53 bits per heavy atom. The number of hydrogen-bond acceptors (Lipinski definition) is 3. The molecule has 3 N–H and O–H groups in total. The molecule has 0 amide bonds. The summed E-state index contributed by atoms with van der Waals surface area (Å²) in [5, 5.41) is 0. The second kappa shape index (κ2) is 4.90. The maximum atomic E-state index is 11.4. The lowest BCUT2D eigenvalue weighted by Crippen LogP contribution is -2.21. The monoisotopic (exact) mass is 235 g/mol. The van der Waals surface area contributed by atoms with Crippen LogP contribution < -0.4 is 11.3 Å². The Balaban J connectivity index is 2.08. The molecule has 1 fully saturated rings. The van der Waals surface area contributed by atoms with Gasteiger partial charge < -0.3 is 10.7 Å². The van der Waals surface area contributed by atoms with Gasteiger partial charge in [0, 0.05) is 12.0 Å². The summed E-state index contributed by atoms with van der Waals surface area (Å²) in [7, 11) is 0. The molecule has 0 atom stereocenters. The second-order valence-electron chi connectivity index (χ2n) is 5.41. The molecule has 1 saturated carbocycles. The minimum atomic E-state index is -0.140. The van der Waals surface area contributed by atoms with Gasteiger partial charge in [0.1, 0.15) is 11.6 Å². The first-order valence-corrected chi connectivity index (χ1v) is 6.43. The van der Waals surface area contributed by atoms with Crippen molar-refractivity contribution in [2.75, 3.05) is 5.73 Å². The van der Waals surface area contributed by atoms with Crippen molar-refractivity contribution in [1.29, 1.82) is 0 Å². The van der Waals surface area contributed by atoms with E-state index in [9.17, 15) is 4.79 Å². The highest BCUT2D eigenvalue weighted by molar-refractivity contribution is 5.26. The molecule has 1 aliphatic rings. The van der Waals surface area contributed by atoms with Crippen LogP contribution in [0.25, 0.3) is 0 Å². The highest BCUT2D eigenvalue weighted by Crippen LogP contribution is 2.37. The summed E-state index contributed by atoms with van der Waals surface area (Å²) in [4.78, 5) is 18.4. The summed E-state index contributed by atoms with van der Waals surface area (Å²) in [5.41, 5.74) is 5.47. The minimum absolute atomic E-state index is 0.140. The van der Waals surface area contributed by atoms with Crippen molar-refractivity contribution in [1.82, 2.24) is 9.97 Å². The van der Waals surface area contributed by atoms with Crippen LogP contribution in [0, 0.1) is 11.8 Å². The maximum Gasteiger partial charge on any atom is 0.252 e. The molecule has 94 valence electrons. The lowest BCUT2D eigenvalue weighted by molar-refractivity contribution is 0.254. The third-order valence-electron chi connectivity index (χ3n) is 3.88. The zero-order valence-corrected chi connectivity index (χ0v) is 10.6. The van der Waals surface area contributed by atoms with Gasteiger partial charge in [0.2, 0.25) is 0 Å². The van der Waals surface area contributed by atoms with Crippen molar-refractivity contribution in [2.24, 2.45) is 11.8 Å². The van der Waals surface area contributed by atoms with Gasteiger partial charge in [-0.05, 0) is 37.5 Å². The van der Waals surface area contributed by atoms with Gasteiger partial charge in [-0.3, -0.25) is 4.79 Å². The van der Waals surface area contributed by atoms with Crippen LogP contribution in [-0.4, -0.2) is 9.97 Å². The maximum absolute atomic E-state index is 11.4. The number of anilines is 1. The molecule has 0 spiro atoms. The first-order valence-electron chi connectivity index (χ1n) is 6.43. The number of nitrogens with one attached hydrogen (secondary N) is 1. The highest BCUT2D eigenvalue weighted by atomic mass is 16.1. The molecule has 0 aromatic carbocycles. The van der Waals surface area contributed by atoms with Gasteiger partial charge in [0.15, 0.2) is 0 Å². The third-order valence-corrected chi connectivity index (χ3v) is 3.88. The van der Waals surface area contributed by atoms with E-state index in [1.807, 2.05) is 0 Å². The normalized spacial score (nSPS) is 25.1. The average molecular weight is 235 g/mol. The number of nitrogen functional groups attached to an aromatic ring is 1. The minimum Gasteiger partial charge on any atom is -0.383 e. The Hall–Kier alpha value is -1.32. The molecule has 1 aliphatic carbocycles. The number of aromatic amines is 1. The van der Waals surface area contributed by atoms with Gasteiger partial charge in [-0.15, -0.1) is 0 Å². The number of nitrogens with zero attached hydrogens (tertiary/aromatic N) is 1. The van der Waals surface area contributed by atoms with Gasteiger partial charge in [-0.25, -0.2) is 4.98 Å². The topological polar surface area (TPSA) is 71.8 Å². The zero-order chi connectivity index (χ0) is 12.4. The van der Waals surface area contributed by atoms with E-state index in [0.29, 0.717) is 11.7 Å². The van der Waals surface area contributed by atoms with Gasteiger partial charge in [0.05, 0.1) is 0 Å². The van der Waals surface area contributed by atoms with Crippen LogP contribution in [0.5, 0.6) is 0 Å². The molecule has 1 aromatic rings. The third kappa shape index (κ3) is 2.87. The number of aromatic nitrogens is 2. The summed E-state index contributed by atoms with van der Waals surface area (Å²) >= 11 is 0. The van der Waals surface area contributed by atoms with E-state index in [2.05, 4.69) is 23.8 Å². The first kappa shape index (κ1) is 12.1. The van der Waals surface area contributed by atoms with E-state index < -0.39 is 0 Å². The standard InChI is InChI=1S/C13H21N3O/c1-8(2)9-3-5-10(6-4-9)13-15-11(14)7-12(17)16-13/h7-10H,3-6H2,1-2H3,(H3,14,15,16,17). The van der Waals surface area contributed by atoms with Crippen molar-refractivity contribution in [3.05, 3.63) is 22.2 Å². The second-order valence-corrected chi connectivity index (χ2v) is 5.41. The van der Waals surface area contributed by atoms with Gasteiger partial charge in [-0.2, -0.15) is 0 Å². The number of H-pyrrole nitrogens is 1. The van der Waals surface area contributed by atoms with Crippen molar-refractivity contribution in [2.45, 2.75) is 45.4 Å². The molecule has 17 heavy (non-hydrogen) atoms. The van der Waals surface area contributed by atoms with E-state index in [-0.39, 0.29) is 5.56 Å². The van der Waals surface area contributed by atoms with Crippen LogP contribution in [0.15, 0.2) is 10.9 Å². The Kier molecular flexibility index (Phi) is 3.50.